The van der Waals surface area contributed by atoms with Gasteiger partial charge in [-0.1, -0.05) is 31.9 Å². The molecule has 0 N–H and O–H groups in total. The van der Waals surface area contributed by atoms with Crippen LogP contribution in [0.25, 0.3) is 0 Å². The van der Waals surface area contributed by atoms with E-state index < -0.39 is 0 Å². The second-order valence-electron chi connectivity index (χ2n) is 6.73. The predicted octanol–water partition coefficient (Wildman–Crippen LogP) is 5.03. The van der Waals surface area contributed by atoms with Crippen molar-refractivity contribution in [3.63, 3.8) is 0 Å². The Morgan fingerprint density at radius 3 is 1.67 bits per heavy atom. The molecule has 2 aromatic rings. The molecule has 3 aliphatic heterocycles. The number of carbonyl (C=O) groups excluding carboxylic acids is 2. The van der Waals surface area contributed by atoms with Crippen LogP contribution in [-0.4, -0.2) is 35.1 Å². The number of nitrogens with zero attached hydrogens (tertiary/aromatic N) is 2. The van der Waals surface area contributed by atoms with Gasteiger partial charge < -0.3 is 9.47 Å². The summed E-state index contributed by atoms with van der Waals surface area (Å²) in [6, 6.07) is 10.5. The molecule has 3 aliphatic rings. The summed E-state index contributed by atoms with van der Waals surface area (Å²) in [5.74, 6) is 1.06. The van der Waals surface area contributed by atoms with Crippen molar-refractivity contribution >= 4 is 44.0 Å². The quantitative estimate of drug-likeness (QED) is 0.516. The molecule has 0 aliphatic carbocycles. The zero-order chi connectivity index (χ0) is 18.7. The van der Waals surface area contributed by atoms with Gasteiger partial charge in [0.05, 0.1) is 12.1 Å². The van der Waals surface area contributed by atoms with Gasteiger partial charge in [0.2, 0.25) is 0 Å². The van der Waals surface area contributed by atoms with Crippen LogP contribution >= 0.6 is 31.9 Å². The van der Waals surface area contributed by atoms with Gasteiger partial charge in [0, 0.05) is 33.2 Å². The molecule has 0 aromatic heterocycles. The number of amides is 2. The minimum atomic E-state index is -0.382. The molecule has 5 rings (SSSR count). The van der Waals surface area contributed by atoms with E-state index in [1.165, 1.54) is 0 Å². The van der Waals surface area contributed by atoms with Crippen LogP contribution in [0.15, 0.2) is 45.3 Å². The van der Waals surface area contributed by atoms with E-state index in [1.807, 2.05) is 24.3 Å². The molecule has 2 aromatic carbocycles. The molecule has 1 fully saturated rings. The summed E-state index contributed by atoms with van der Waals surface area (Å²) in [6.07, 6.45) is -0.108. The first kappa shape index (κ1) is 17.1. The van der Waals surface area contributed by atoms with Gasteiger partial charge in [0.1, 0.15) is 11.5 Å². The van der Waals surface area contributed by atoms with E-state index in [2.05, 4.69) is 31.9 Å². The summed E-state index contributed by atoms with van der Waals surface area (Å²) in [5.41, 5.74) is 1.75. The highest BCUT2D eigenvalue weighted by Gasteiger charge is 2.48. The average Bonchev–Trinajstić information content (AvgIpc) is 2.84. The third kappa shape index (κ3) is 2.65. The zero-order valence-electron chi connectivity index (χ0n) is 14.0. The Labute approximate surface area is 172 Å². The lowest BCUT2D eigenvalue weighted by Gasteiger charge is -2.43. The van der Waals surface area contributed by atoms with Crippen LogP contribution in [0.1, 0.15) is 29.6 Å². The normalized spacial score (nSPS) is 23.3. The first-order valence-electron chi connectivity index (χ1n) is 8.59. The molecule has 27 heavy (non-hydrogen) atoms. The molecular formula is C19H14Br2N2O4. The maximum Gasteiger partial charge on any atom is 0.415 e. The largest absolute Gasteiger partial charge is 0.415 e. The van der Waals surface area contributed by atoms with Crippen molar-refractivity contribution in [2.45, 2.75) is 18.5 Å². The zero-order valence-corrected chi connectivity index (χ0v) is 17.2. The van der Waals surface area contributed by atoms with Crippen LogP contribution in [0.2, 0.25) is 0 Å². The Kier molecular flexibility index (Phi) is 3.94. The fourth-order valence-corrected chi connectivity index (χ4v) is 4.87. The summed E-state index contributed by atoms with van der Waals surface area (Å²) < 4.78 is 12.9. The molecule has 2 amide bonds. The molecule has 0 saturated carbocycles. The standard InChI is InChI=1S/C19H14Br2N2O4/c20-10-2-4-14-12(8-10)16-17-13-9-11(21)3-5-15(13)27-19(25)23(17)7-1-6-22(16)18(24)26-14/h2-5,8-9,16-17H,1,6-7H2/t16-,17+. The molecule has 0 spiro atoms. The van der Waals surface area contributed by atoms with E-state index in [9.17, 15) is 9.59 Å². The van der Waals surface area contributed by atoms with E-state index >= 15 is 0 Å². The second-order valence-corrected chi connectivity index (χ2v) is 8.56. The predicted molar refractivity (Wildman–Crippen MR) is 104 cm³/mol. The summed E-state index contributed by atoms with van der Waals surface area (Å²) in [6.45, 7) is 1.03. The third-order valence-corrected chi connectivity index (χ3v) is 6.20. The Morgan fingerprint density at radius 2 is 1.22 bits per heavy atom. The van der Waals surface area contributed by atoms with Gasteiger partial charge in [-0.3, -0.25) is 9.80 Å². The number of hydrogen-bond donors (Lipinski definition) is 0. The summed E-state index contributed by atoms with van der Waals surface area (Å²) >= 11 is 7.03. The average molecular weight is 494 g/mol. The lowest BCUT2D eigenvalue weighted by atomic mass is 9.89. The molecule has 1 saturated heterocycles. The van der Waals surface area contributed by atoms with E-state index in [-0.39, 0.29) is 24.3 Å². The van der Waals surface area contributed by atoms with Crippen molar-refractivity contribution < 1.29 is 19.1 Å². The van der Waals surface area contributed by atoms with Crippen molar-refractivity contribution in [2.75, 3.05) is 13.1 Å². The summed E-state index contributed by atoms with van der Waals surface area (Å²) in [7, 11) is 0. The fraction of sp³-hybridized carbons (Fsp3) is 0.263. The lowest BCUT2D eigenvalue weighted by Crippen LogP contribution is -2.48. The van der Waals surface area contributed by atoms with Gasteiger partial charge in [-0.2, -0.15) is 0 Å². The fourth-order valence-electron chi connectivity index (χ4n) is 4.11. The first-order chi connectivity index (χ1) is 13.0. The minimum absolute atomic E-state index is 0.345. The van der Waals surface area contributed by atoms with Crippen LogP contribution in [-0.2, 0) is 0 Å². The number of hydrogen-bond acceptors (Lipinski definition) is 4. The highest BCUT2D eigenvalue weighted by atomic mass is 79.9. The summed E-state index contributed by atoms with van der Waals surface area (Å²) in [5, 5.41) is 0. The van der Waals surface area contributed by atoms with Crippen LogP contribution in [0.3, 0.4) is 0 Å². The summed E-state index contributed by atoms with van der Waals surface area (Å²) in [4.78, 5) is 28.9. The maximum absolute atomic E-state index is 12.7. The Bertz CT molecular complexity index is 903. The monoisotopic (exact) mass is 492 g/mol. The molecule has 2 atom stereocenters. The number of carbonyl (C=O) groups is 2. The van der Waals surface area contributed by atoms with Crippen LogP contribution in [0.5, 0.6) is 11.5 Å². The Balaban J connectivity index is 1.76. The maximum atomic E-state index is 12.7. The van der Waals surface area contributed by atoms with E-state index in [1.54, 1.807) is 21.9 Å². The molecule has 0 unspecified atom stereocenters. The van der Waals surface area contributed by atoms with Gasteiger partial charge in [0.15, 0.2) is 0 Å². The third-order valence-electron chi connectivity index (χ3n) is 5.21. The van der Waals surface area contributed by atoms with Crippen molar-refractivity contribution in [1.29, 1.82) is 0 Å². The van der Waals surface area contributed by atoms with Crippen molar-refractivity contribution in [1.82, 2.24) is 9.80 Å². The number of benzene rings is 2. The SMILES string of the molecule is O=C1Oc2ccc(Br)cc2[C@@H]2[C@@H]3c4cc(Br)ccc4OC(=O)N3CCCN12. The molecule has 8 heteroatoms. The van der Waals surface area contributed by atoms with Gasteiger partial charge in [-0.15, -0.1) is 0 Å². The second kappa shape index (κ2) is 6.24. The number of halogens is 2. The smallest absolute Gasteiger partial charge is 0.410 e. The molecule has 0 bridgehead atoms. The van der Waals surface area contributed by atoms with E-state index in [0.717, 1.165) is 20.1 Å². The number of ether oxygens (including phenoxy) is 2. The number of fused-ring (bicyclic) bond motifs is 7. The minimum Gasteiger partial charge on any atom is -0.410 e. The van der Waals surface area contributed by atoms with E-state index in [4.69, 9.17) is 9.47 Å². The topological polar surface area (TPSA) is 59.1 Å². The van der Waals surface area contributed by atoms with E-state index in [0.29, 0.717) is 31.0 Å². The van der Waals surface area contributed by atoms with Crippen molar-refractivity contribution in [3.05, 3.63) is 56.5 Å². The molecule has 6 nitrogen and oxygen atoms in total. The van der Waals surface area contributed by atoms with Gasteiger partial charge >= 0.3 is 12.2 Å². The van der Waals surface area contributed by atoms with Crippen molar-refractivity contribution in [3.8, 4) is 11.5 Å². The highest BCUT2D eigenvalue weighted by Crippen LogP contribution is 2.51. The first-order valence-corrected chi connectivity index (χ1v) is 10.2. The molecule has 138 valence electrons. The molecule has 0 radical (unpaired) electrons. The van der Waals surface area contributed by atoms with Gasteiger partial charge in [-0.05, 0) is 42.8 Å². The molecule has 3 heterocycles. The Morgan fingerprint density at radius 1 is 0.778 bits per heavy atom. The lowest BCUT2D eigenvalue weighted by molar-refractivity contribution is 0.0706. The van der Waals surface area contributed by atoms with Crippen LogP contribution in [0, 0.1) is 0 Å². The van der Waals surface area contributed by atoms with Crippen molar-refractivity contribution in [2.24, 2.45) is 0 Å². The van der Waals surface area contributed by atoms with Crippen LogP contribution in [0.4, 0.5) is 9.59 Å². The number of rotatable bonds is 0. The van der Waals surface area contributed by atoms with Crippen LogP contribution < -0.4 is 9.47 Å². The van der Waals surface area contributed by atoms with Gasteiger partial charge in [-0.25, -0.2) is 9.59 Å². The molecular weight excluding hydrogens is 480 g/mol. The highest BCUT2D eigenvalue weighted by molar-refractivity contribution is 9.10. The van der Waals surface area contributed by atoms with Gasteiger partial charge in [0.25, 0.3) is 0 Å². The Hall–Kier alpha value is -2.06.